The molecule has 0 radical (unpaired) electrons. The number of nitrogens with zero attached hydrogens (tertiary/aromatic N) is 1. The SMILES string of the molecule is CCC=C(C)c1csc(N)n1.CCOC(N)=O. The quantitative estimate of drug-likeness (QED) is 0.870. The molecule has 0 aliphatic heterocycles. The average Bonchev–Trinajstić information content (AvgIpc) is 2.66. The summed E-state index contributed by atoms with van der Waals surface area (Å²) in [4.78, 5) is 13.8. The van der Waals surface area contributed by atoms with Crippen LogP contribution in [0.15, 0.2) is 11.5 Å². The van der Waals surface area contributed by atoms with E-state index in [9.17, 15) is 4.79 Å². The smallest absolute Gasteiger partial charge is 0.404 e. The number of anilines is 1. The van der Waals surface area contributed by atoms with Crippen LogP contribution in [0.5, 0.6) is 0 Å². The molecule has 4 N–H and O–H groups in total. The van der Waals surface area contributed by atoms with Gasteiger partial charge in [-0.3, -0.25) is 0 Å². The van der Waals surface area contributed by atoms with Crippen LogP contribution in [0.25, 0.3) is 5.57 Å². The van der Waals surface area contributed by atoms with Gasteiger partial charge in [-0.05, 0) is 25.8 Å². The van der Waals surface area contributed by atoms with Gasteiger partial charge >= 0.3 is 6.09 Å². The van der Waals surface area contributed by atoms with E-state index >= 15 is 0 Å². The molecule has 17 heavy (non-hydrogen) atoms. The van der Waals surface area contributed by atoms with Gasteiger partial charge in [0.1, 0.15) is 0 Å². The normalized spacial score (nSPS) is 10.4. The summed E-state index contributed by atoms with van der Waals surface area (Å²) in [5.74, 6) is 0. The Balaban J connectivity index is 0.000000366. The highest BCUT2D eigenvalue weighted by Gasteiger charge is 1.98. The molecule has 0 unspecified atom stereocenters. The van der Waals surface area contributed by atoms with Crippen LogP contribution >= 0.6 is 11.3 Å². The topological polar surface area (TPSA) is 91.2 Å². The van der Waals surface area contributed by atoms with Gasteiger partial charge < -0.3 is 16.2 Å². The number of hydrogen-bond donors (Lipinski definition) is 2. The molecule has 0 fully saturated rings. The maximum absolute atomic E-state index is 9.60. The van der Waals surface area contributed by atoms with Crippen molar-refractivity contribution in [2.75, 3.05) is 12.3 Å². The molecular weight excluding hydrogens is 238 g/mol. The predicted octanol–water partition coefficient (Wildman–Crippen LogP) is 2.64. The summed E-state index contributed by atoms with van der Waals surface area (Å²) in [5, 5.41) is 2.63. The summed E-state index contributed by atoms with van der Waals surface area (Å²) >= 11 is 1.48. The van der Waals surface area contributed by atoms with Crippen LogP contribution < -0.4 is 11.5 Å². The van der Waals surface area contributed by atoms with Crippen molar-refractivity contribution < 1.29 is 9.53 Å². The van der Waals surface area contributed by atoms with Crippen LogP contribution in [0.4, 0.5) is 9.93 Å². The molecule has 0 aliphatic rings. The van der Waals surface area contributed by atoms with Gasteiger partial charge in [-0.25, -0.2) is 9.78 Å². The van der Waals surface area contributed by atoms with E-state index in [1.54, 1.807) is 6.92 Å². The van der Waals surface area contributed by atoms with Gasteiger partial charge in [0, 0.05) is 5.38 Å². The van der Waals surface area contributed by atoms with Crippen molar-refractivity contribution in [3.63, 3.8) is 0 Å². The molecule has 0 bridgehead atoms. The lowest BCUT2D eigenvalue weighted by Crippen LogP contribution is -2.11. The largest absolute Gasteiger partial charge is 0.450 e. The second kappa shape index (κ2) is 8.58. The Morgan fingerprint density at radius 2 is 2.24 bits per heavy atom. The van der Waals surface area contributed by atoms with Crippen LogP contribution in [0, 0.1) is 0 Å². The lowest BCUT2D eigenvalue weighted by molar-refractivity contribution is 0.163. The molecule has 1 amide bonds. The molecular formula is C11H19N3O2S. The van der Waals surface area contributed by atoms with Gasteiger partial charge in [-0.1, -0.05) is 13.0 Å². The molecule has 1 aromatic rings. The molecule has 0 saturated heterocycles. The summed E-state index contributed by atoms with van der Waals surface area (Å²) in [6, 6.07) is 0. The molecule has 6 heteroatoms. The van der Waals surface area contributed by atoms with Gasteiger partial charge in [0.2, 0.25) is 0 Å². The number of ether oxygens (including phenoxy) is 1. The minimum absolute atomic E-state index is 0.356. The number of thiazole rings is 1. The van der Waals surface area contributed by atoms with Crippen LogP contribution in [-0.4, -0.2) is 17.7 Å². The van der Waals surface area contributed by atoms with Crippen molar-refractivity contribution in [2.45, 2.75) is 27.2 Å². The first-order valence-electron chi connectivity index (χ1n) is 5.31. The van der Waals surface area contributed by atoms with Crippen LogP contribution in [0.3, 0.4) is 0 Å². The molecule has 96 valence electrons. The first-order chi connectivity index (χ1) is 8.01. The van der Waals surface area contributed by atoms with E-state index in [1.807, 2.05) is 5.38 Å². The average molecular weight is 257 g/mol. The number of nitrogen functional groups attached to an aromatic ring is 1. The zero-order valence-corrected chi connectivity index (χ0v) is 11.2. The highest BCUT2D eigenvalue weighted by atomic mass is 32.1. The van der Waals surface area contributed by atoms with E-state index in [2.05, 4.69) is 35.4 Å². The van der Waals surface area contributed by atoms with Crippen molar-refractivity contribution in [2.24, 2.45) is 5.73 Å². The van der Waals surface area contributed by atoms with Crippen molar-refractivity contribution in [1.29, 1.82) is 0 Å². The van der Waals surface area contributed by atoms with Crippen LogP contribution in [0.2, 0.25) is 0 Å². The van der Waals surface area contributed by atoms with Crippen LogP contribution in [-0.2, 0) is 4.74 Å². The molecule has 0 aromatic carbocycles. The number of allylic oxidation sites excluding steroid dienone is 2. The predicted molar refractivity (Wildman–Crippen MR) is 71.7 cm³/mol. The number of nitrogens with two attached hydrogens (primary N) is 2. The molecule has 0 aliphatic carbocycles. The fourth-order valence-electron chi connectivity index (χ4n) is 1.02. The zero-order valence-electron chi connectivity index (χ0n) is 10.4. The Morgan fingerprint density at radius 1 is 1.59 bits per heavy atom. The summed E-state index contributed by atoms with van der Waals surface area (Å²) in [6.45, 7) is 6.22. The molecule has 5 nitrogen and oxygen atoms in total. The number of carbonyl (C=O) groups is 1. The molecule has 1 heterocycles. The number of rotatable bonds is 3. The van der Waals surface area contributed by atoms with Crippen molar-refractivity contribution in [3.8, 4) is 0 Å². The first kappa shape index (κ1) is 15.4. The molecule has 1 aromatic heterocycles. The molecule has 1 rings (SSSR count). The third kappa shape index (κ3) is 7.35. The second-order valence-electron chi connectivity index (χ2n) is 3.12. The standard InChI is InChI=1S/C8H12N2S.C3H7NO2/c1-3-4-6(2)7-5-11-8(9)10-7;1-2-6-3(4)5/h4-5H,3H2,1-2H3,(H2,9,10);2H2,1H3,(H2,4,5). The van der Waals surface area contributed by atoms with Gasteiger partial charge in [0.25, 0.3) is 0 Å². The monoisotopic (exact) mass is 257 g/mol. The molecule has 0 atom stereocenters. The second-order valence-corrected chi connectivity index (χ2v) is 4.01. The first-order valence-corrected chi connectivity index (χ1v) is 6.19. The summed E-state index contributed by atoms with van der Waals surface area (Å²) < 4.78 is 4.18. The van der Waals surface area contributed by atoms with Crippen LogP contribution in [0.1, 0.15) is 32.9 Å². The number of aromatic nitrogens is 1. The van der Waals surface area contributed by atoms with E-state index in [1.165, 1.54) is 16.9 Å². The Kier molecular flexibility index (Phi) is 7.79. The fraction of sp³-hybridized carbons (Fsp3) is 0.455. The number of hydrogen-bond acceptors (Lipinski definition) is 5. The van der Waals surface area contributed by atoms with Crippen molar-refractivity contribution in [1.82, 2.24) is 4.98 Å². The maximum atomic E-state index is 9.60. The van der Waals surface area contributed by atoms with E-state index in [-0.39, 0.29) is 0 Å². The Bertz CT molecular complexity index is 375. The number of amides is 1. The van der Waals surface area contributed by atoms with E-state index < -0.39 is 6.09 Å². The highest BCUT2D eigenvalue weighted by molar-refractivity contribution is 7.13. The zero-order chi connectivity index (χ0) is 13.3. The van der Waals surface area contributed by atoms with E-state index in [0.717, 1.165) is 12.1 Å². The van der Waals surface area contributed by atoms with Crippen molar-refractivity contribution >= 4 is 28.1 Å². The maximum Gasteiger partial charge on any atom is 0.404 e. The lowest BCUT2D eigenvalue weighted by atomic mass is 10.2. The summed E-state index contributed by atoms with van der Waals surface area (Å²) in [6.07, 6.45) is 2.48. The molecule has 0 saturated carbocycles. The Hall–Kier alpha value is -1.56. The third-order valence-electron chi connectivity index (χ3n) is 1.72. The Morgan fingerprint density at radius 3 is 2.53 bits per heavy atom. The minimum Gasteiger partial charge on any atom is -0.450 e. The van der Waals surface area contributed by atoms with Gasteiger partial charge in [-0.15, -0.1) is 11.3 Å². The molecule has 0 spiro atoms. The number of carbonyl (C=O) groups excluding carboxylic acids is 1. The van der Waals surface area contributed by atoms with Gasteiger partial charge in [-0.2, -0.15) is 0 Å². The van der Waals surface area contributed by atoms with Crippen molar-refractivity contribution in [3.05, 3.63) is 17.2 Å². The minimum atomic E-state index is -0.711. The fourth-order valence-corrected chi connectivity index (χ4v) is 1.64. The van der Waals surface area contributed by atoms with E-state index in [0.29, 0.717) is 11.7 Å². The Labute approximate surface area is 105 Å². The third-order valence-corrected chi connectivity index (χ3v) is 2.40. The summed E-state index contributed by atoms with van der Waals surface area (Å²) in [7, 11) is 0. The highest BCUT2D eigenvalue weighted by Crippen LogP contribution is 2.18. The van der Waals surface area contributed by atoms with Gasteiger partial charge in [0.05, 0.1) is 12.3 Å². The van der Waals surface area contributed by atoms with Gasteiger partial charge in [0.15, 0.2) is 5.13 Å². The lowest BCUT2D eigenvalue weighted by Gasteiger charge is -1.92. The summed E-state index contributed by atoms with van der Waals surface area (Å²) in [5.41, 5.74) is 12.3. The number of primary amides is 1. The van der Waals surface area contributed by atoms with E-state index in [4.69, 9.17) is 5.73 Å².